The fourth-order valence-corrected chi connectivity index (χ4v) is 1.80. The third-order valence-corrected chi connectivity index (χ3v) is 3.41. The quantitative estimate of drug-likeness (QED) is 0.876. The van der Waals surface area contributed by atoms with E-state index < -0.39 is 11.4 Å². The Balaban J connectivity index is 3.21. The minimum atomic E-state index is -1.02. The summed E-state index contributed by atoms with van der Waals surface area (Å²) in [6.07, 6.45) is 0.348. The molecule has 0 spiro atoms. The Labute approximate surface area is 104 Å². The second-order valence-electron chi connectivity index (χ2n) is 3.80. The smallest absolute Gasteiger partial charge is 0.313 e. The lowest BCUT2D eigenvalue weighted by Crippen LogP contribution is -2.34. The van der Waals surface area contributed by atoms with Crippen LogP contribution < -0.4 is 5.73 Å². The zero-order valence-electron chi connectivity index (χ0n) is 8.84. The summed E-state index contributed by atoms with van der Waals surface area (Å²) < 4.78 is 0. The molecule has 88 valence electrons. The molecule has 0 amide bonds. The topological polar surface area (TPSA) is 63.3 Å². The number of hydrogen-bond acceptors (Lipinski definition) is 2. The summed E-state index contributed by atoms with van der Waals surface area (Å²) >= 11 is 11.7. The average Bonchev–Trinajstić information content (AvgIpc) is 2.22. The molecule has 0 aliphatic rings. The van der Waals surface area contributed by atoms with Crippen molar-refractivity contribution in [2.45, 2.75) is 18.8 Å². The molecule has 1 atom stereocenters. The first-order valence-electron chi connectivity index (χ1n) is 4.81. The molecule has 0 fully saturated rings. The van der Waals surface area contributed by atoms with Gasteiger partial charge in [0.1, 0.15) is 0 Å². The maximum atomic E-state index is 11.3. The Hall–Kier alpha value is -0.770. The summed E-state index contributed by atoms with van der Waals surface area (Å²) in [5.41, 5.74) is 5.02. The molecule has 0 aliphatic heterocycles. The highest BCUT2D eigenvalue weighted by Gasteiger charge is 2.34. The van der Waals surface area contributed by atoms with Crippen molar-refractivity contribution in [2.75, 3.05) is 6.54 Å². The second-order valence-corrected chi connectivity index (χ2v) is 4.62. The number of aliphatic carboxylic acids is 1. The van der Waals surface area contributed by atoms with Crippen LogP contribution in [0.3, 0.4) is 0 Å². The van der Waals surface area contributed by atoms with Crippen molar-refractivity contribution in [3.05, 3.63) is 33.8 Å². The van der Waals surface area contributed by atoms with Gasteiger partial charge in [-0.2, -0.15) is 0 Å². The summed E-state index contributed by atoms with van der Waals surface area (Å²) in [5.74, 6) is -0.920. The van der Waals surface area contributed by atoms with Crippen molar-refractivity contribution in [1.29, 1.82) is 0 Å². The van der Waals surface area contributed by atoms with E-state index in [0.717, 1.165) is 0 Å². The van der Waals surface area contributed by atoms with Crippen LogP contribution in [0.1, 0.15) is 18.9 Å². The Kier molecular flexibility index (Phi) is 4.19. The van der Waals surface area contributed by atoms with Crippen molar-refractivity contribution < 1.29 is 9.90 Å². The molecule has 0 aliphatic carbocycles. The van der Waals surface area contributed by atoms with Crippen molar-refractivity contribution in [3.63, 3.8) is 0 Å². The van der Waals surface area contributed by atoms with Gasteiger partial charge in [-0.05, 0) is 37.6 Å². The predicted molar refractivity (Wildman–Crippen MR) is 65.1 cm³/mol. The fourth-order valence-electron chi connectivity index (χ4n) is 1.50. The summed E-state index contributed by atoms with van der Waals surface area (Å²) in [6, 6.07) is 4.84. The van der Waals surface area contributed by atoms with E-state index in [9.17, 15) is 9.90 Å². The lowest BCUT2D eigenvalue weighted by Gasteiger charge is -2.25. The van der Waals surface area contributed by atoms with Crippen LogP contribution in [-0.4, -0.2) is 17.6 Å². The summed E-state index contributed by atoms with van der Waals surface area (Å²) in [6.45, 7) is 1.92. The molecular weight excluding hydrogens is 249 g/mol. The van der Waals surface area contributed by atoms with E-state index in [1.807, 2.05) is 0 Å². The van der Waals surface area contributed by atoms with Gasteiger partial charge in [0.25, 0.3) is 0 Å². The zero-order valence-corrected chi connectivity index (χ0v) is 10.3. The number of rotatable bonds is 4. The number of halogens is 2. The highest BCUT2D eigenvalue weighted by atomic mass is 35.5. The predicted octanol–water partition coefficient (Wildman–Crippen LogP) is 2.68. The van der Waals surface area contributed by atoms with Gasteiger partial charge in [0.05, 0.1) is 15.5 Å². The van der Waals surface area contributed by atoms with Crippen LogP contribution in [0, 0.1) is 0 Å². The van der Waals surface area contributed by atoms with E-state index in [4.69, 9.17) is 28.9 Å². The van der Waals surface area contributed by atoms with Gasteiger partial charge >= 0.3 is 5.97 Å². The molecule has 1 aromatic carbocycles. The Morgan fingerprint density at radius 3 is 2.50 bits per heavy atom. The fraction of sp³-hybridized carbons (Fsp3) is 0.364. The number of hydrogen-bond donors (Lipinski definition) is 2. The van der Waals surface area contributed by atoms with Crippen molar-refractivity contribution in [2.24, 2.45) is 5.73 Å². The van der Waals surface area contributed by atoms with Gasteiger partial charge in [0.2, 0.25) is 0 Å². The molecule has 1 rings (SSSR count). The minimum Gasteiger partial charge on any atom is -0.481 e. The van der Waals surface area contributed by atoms with Crippen molar-refractivity contribution in [3.8, 4) is 0 Å². The minimum absolute atomic E-state index is 0.295. The molecule has 3 N–H and O–H groups in total. The van der Waals surface area contributed by atoms with Crippen LogP contribution in [0.2, 0.25) is 10.0 Å². The summed E-state index contributed by atoms with van der Waals surface area (Å²) in [7, 11) is 0. The van der Waals surface area contributed by atoms with Gasteiger partial charge in [0.15, 0.2) is 0 Å². The van der Waals surface area contributed by atoms with Crippen molar-refractivity contribution in [1.82, 2.24) is 0 Å². The molecular formula is C11H13Cl2NO2. The van der Waals surface area contributed by atoms with E-state index in [1.54, 1.807) is 25.1 Å². The van der Waals surface area contributed by atoms with Gasteiger partial charge < -0.3 is 10.8 Å². The van der Waals surface area contributed by atoms with Crippen LogP contribution in [-0.2, 0) is 10.2 Å². The molecule has 1 unspecified atom stereocenters. The molecule has 0 radical (unpaired) electrons. The van der Waals surface area contributed by atoms with Crippen LogP contribution in [0.4, 0.5) is 0 Å². The average molecular weight is 262 g/mol. The third-order valence-electron chi connectivity index (χ3n) is 2.67. The lowest BCUT2D eigenvalue weighted by atomic mass is 9.79. The van der Waals surface area contributed by atoms with Gasteiger partial charge in [0, 0.05) is 0 Å². The first-order valence-corrected chi connectivity index (χ1v) is 5.56. The Morgan fingerprint density at radius 1 is 1.44 bits per heavy atom. The number of nitrogens with two attached hydrogens (primary N) is 1. The van der Waals surface area contributed by atoms with E-state index in [0.29, 0.717) is 28.6 Å². The Morgan fingerprint density at radius 2 is 2.06 bits per heavy atom. The highest BCUT2D eigenvalue weighted by molar-refractivity contribution is 6.42. The van der Waals surface area contributed by atoms with Gasteiger partial charge in [-0.1, -0.05) is 29.3 Å². The second kappa shape index (κ2) is 5.04. The number of carbonyl (C=O) groups is 1. The van der Waals surface area contributed by atoms with Crippen LogP contribution in [0.5, 0.6) is 0 Å². The van der Waals surface area contributed by atoms with Gasteiger partial charge in [-0.15, -0.1) is 0 Å². The first-order chi connectivity index (χ1) is 7.41. The van der Waals surface area contributed by atoms with E-state index >= 15 is 0 Å². The number of benzene rings is 1. The molecule has 3 nitrogen and oxygen atoms in total. The van der Waals surface area contributed by atoms with Crippen molar-refractivity contribution >= 4 is 29.2 Å². The SMILES string of the molecule is CC(CCN)(C(=O)O)c1ccc(Cl)c(Cl)c1. The maximum Gasteiger partial charge on any atom is 0.313 e. The third kappa shape index (κ3) is 2.48. The summed E-state index contributed by atoms with van der Waals surface area (Å²) in [5, 5.41) is 10.0. The molecule has 16 heavy (non-hydrogen) atoms. The first kappa shape index (κ1) is 13.3. The normalized spacial score (nSPS) is 14.5. The standard InChI is InChI=1S/C11H13Cl2NO2/c1-11(4-5-14,10(15)16)7-2-3-8(12)9(13)6-7/h2-3,6H,4-5,14H2,1H3,(H,15,16). The molecule has 0 saturated heterocycles. The Bertz CT molecular complexity index is 409. The monoisotopic (exact) mass is 261 g/mol. The maximum absolute atomic E-state index is 11.3. The van der Waals surface area contributed by atoms with Crippen LogP contribution >= 0.6 is 23.2 Å². The van der Waals surface area contributed by atoms with E-state index in [1.165, 1.54) is 0 Å². The summed E-state index contributed by atoms with van der Waals surface area (Å²) in [4.78, 5) is 11.3. The van der Waals surface area contributed by atoms with Crippen LogP contribution in [0.15, 0.2) is 18.2 Å². The van der Waals surface area contributed by atoms with E-state index in [-0.39, 0.29) is 0 Å². The molecule has 0 heterocycles. The van der Waals surface area contributed by atoms with Gasteiger partial charge in [-0.25, -0.2) is 0 Å². The van der Waals surface area contributed by atoms with Crippen LogP contribution in [0.25, 0.3) is 0 Å². The highest BCUT2D eigenvalue weighted by Crippen LogP contribution is 2.32. The van der Waals surface area contributed by atoms with E-state index in [2.05, 4.69) is 0 Å². The zero-order chi connectivity index (χ0) is 12.3. The molecule has 0 aromatic heterocycles. The van der Waals surface area contributed by atoms with Gasteiger partial charge in [-0.3, -0.25) is 4.79 Å². The lowest BCUT2D eigenvalue weighted by molar-refractivity contribution is -0.143. The molecule has 0 saturated carbocycles. The molecule has 5 heteroatoms. The number of carboxylic acids is 1. The molecule has 0 bridgehead atoms. The molecule has 1 aromatic rings. The largest absolute Gasteiger partial charge is 0.481 e. The number of carboxylic acid groups (broad SMARTS) is 1.